The maximum Gasteiger partial charge on any atom is 0.308 e. The van der Waals surface area contributed by atoms with Crippen LogP contribution in [-0.4, -0.2) is 34.2 Å². The van der Waals surface area contributed by atoms with E-state index in [0.717, 1.165) is 0 Å². The Morgan fingerprint density at radius 1 is 1.07 bits per heavy atom. The van der Waals surface area contributed by atoms with Crippen molar-refractivity contribution in [1.29, 1.82) is 0 Å². The van der Waals surface area contributed by atoms with Gasteiger partial charge in [0.1, 0.15) is 0 Å². The van der Waals surface area contributed by atoms with Gasteiger partial charge in [-0.3, -0.25) is 9.59 Å². The molecule has 1 aliphatic heterocycles. The van der Waals surface area contributed by atoms with Crippen LogP contribution >= 0.6 is 0 Å². The van der Waals surface area contributed by atoms with Crippen molar-refractivity contribution in [3.8, 4) is 0 Å². The number of nitrogens with one attached hydrogen (secondary N) is 1. The Balaban J connectivity index is 2.75. The Hall–Kier alpha value is -1.10. The van der Waals surface area contributed by atoms with Gasteiger partial charge in [-0.25, -0.2) is 0 Å². The molecule has 0 aromatic heterocycles. The van der Waals surface area contributed by atoms with Crippen molar-refractivity contribution in [2.24, 2.45) is 11.8 Å². The zero-order valence-corrected chi connectivity index (χ0v) is 8.23. The highest BCUT2D eigenvalue weighted by Gasteiger charge is 2.39. The molecule has 0 bridgehead atoms. The molecule has 0 spiro atoms. The Bertz CT molecular complexity index is 229. The minimum atomic E-state index is -0.928. The van der Waals surface area contributed by atoms with Gasteiger partial charge >= 0.3 is 11.9 Å². The predicted molar refractivity (Wildman–Crippen MR) is 48.9 cm³/mol. The lowest BCUT2D eigenvalue weighted by Crippen LogP contribution is -2.53. The van der Waals surface area contributed by atoms with Gasteiger partial charge in [0, 0.05) is 12.1 Å². The highest BCUT2D eigenvalue weighted by Crippen LogP contribution is 2.25. The van der Waals surface area contributed by atoms with E-state index in [2.05, 4.69) is 5.32 Å². The van der Waals surface area contributed by atoms with Crippen molar-refractivity contribution in [2.45, 2.75) is 32.4 Å². The first kappa shape index (κ1) is 11.0. The van der Waals surface area contributed by atoms with Gasteiger partial charge in [-0.05, 0) is 20.3 Å². The molecule has 1 heterocycles. The molecule has 4 atom stereocenters. The summed E-state index contributed by atoms with van der Waals surface area (Å²) in [4.78, 5) is 21.6. The lowest BCUT2D eigenvalue weighted by molar-refractivity contribution is -0.149. The van der Waals surface area contributed by atoms with E-state index in [1.807, 2.05) is 0 Å². The molecular formula is C9H15NO4. The van der Waals surface area contributed by atoms with Crippen LogP contribution in [0.15, 0.2) is 0 Å². The fourth-order valence-corrected chi connectivity index (χ4v) is 1.96. The second-order valence-electron chi connectivity index (χ2n) is 3.87. The zero-order valence-electron chi connectivity index (χ0n) is 8.23. The van der Waals surface area contributed by atoms with Crippen LogP contribution in [0.1, 0.15) is 20.3 Å². The van der Waals surface area contributed by atoms with Crippen LogP contribution in [0, 0.1) is 11.8 Å². The van der Waals surface area contributed by atoms with Crippen molar-refractivity contribution in [3.05, 3.63) is 0 Å². The van der Waals surface area contributed by atoms with Gasteiger partial charge in [-0.15, -0.1) is 0 Å². The average molecular weight is 201 g/mol. The highest BCUT2D eigenvalue weighted by atomic mass is 16.4. The van der Waals surface area contributed by atoms with E-state index >= 15 is 0 Å². The number of carboxylic acid groups (broad SMARTS) is 2. The Morgan fingerprint density at radius 2 is 1.43 bits per heavy atom. The maximum atomic E-state index is 10.8. The lowest BCUT2D eigenvalue weighted by Gasteiger charge is -2.35. The molecule has 0 saturated carbocycles. The summed E-state index contributed by atoms with van der Waals surface area (Å²) in [7, 11) is 0. The summed E-state index contributed by atoms with van der Waals surface area (Å²) in [6, 6.07) is -0.337. The lowest BCUT2D eigenvalue weighted by atomic mass is 9.81. The van der Waals surface area contributed by atoms with Gasteiger partial charge in [0.25, 0.3) is 0 Å². The SMILES string of the molecule is CC1NC(C)C(C(=O)O)CC1C(=O)O. The summed E-state index contributed by atoms with van der Waals surface area (Å²) in [6.07, 6.45) is 0.208. The number of aliphatic carboxylic acids is 2. The first-order valence-corrected chi connectivity index (χ1v) is 4.65. The van der Waals surface area contributed by atoms with Crippen LogP contribution in [0.25, 0.3) is 0 Å². The van der Waals surface area contributed by atoms with Crippen LogP contribution in [0.5, 0.6) is 0 Å². The van der Waals surface area contributed by atoms with E-state index < -0.39 is 23.8 Å². The first-order chi connectivity index (χ1) is 6.43. The van der Waals surface area contributed by atoms with Gasteiger partial charge < -0.3 is 15.5 Å². The maximum absolute atomic E-state index is 10.8. The monoisotopic (exact) mass is 201 g/mol. The van der Waals surface area contributed by atoms with E-state index in [1.54, 1.807) is 13.8 Å². The van der Waals surface area contributed by atoms with Crippen molar-refractivity contribution in [3.63, 3.8) is 0 Å². The molecule has 80 valence electrons. The minimum absolute atomic E-state index is 0.168. The molecule has 5 heteroatoms. The Morgan fingerprint density at radius 3 is 1.71 bits per heavy atom. The first-order valence-electron chi connectivity index (χ1n) is 4.65. The quantitative estimate of drug-likeness (QED) is 0.592. The third-order valence-electron chi connectivity index (χ3n) is 2.88. The van der Waals surface area contributed by atoms with E-state index in [-0.39, 0.29) is 18.5 Å². The van der Waals surface area contributed by atoms with Gasteiger partial charge in [-0.2, -0.15) is 0 Å². The van der Waals surface area contributed by atoms with Gasteiger partial charge in [0.05, 0.1) is 11.8 Å². The van der Waals surface area contributed by atoms with E-state index in [9.17, 15) is 9.59 Å². The van der Waals surface area contributed by atoms with Gasteiger partial charge in [0.2, 0.25) is 0 Å². The number of rotatable bonds is 2. The average Bonchev–Trinajstić information content (AvgIpc) is 2.02. The molecule has 1 saturated heterocycles. The molecule has 0 aliphatic carbocycles. The molecule has 3 N–H and O–H groups in total. The number of hydrogen-bond donors (Lipinski definition) is 3. The van der Waals surface area contributed by atoms with Crippen LogP contribution in [0.3, 0.4) is 0 Å². The second-order valence-corrected chi connectivity index (χ2v) is 3.87. The minimum Gasteiger partial charge on any atom is -0.481 e. The molecule has 1 aliphatic rings. The Labute approximate surface area is 82.1 Å². The fourth-order valence-electron chi connectivity index (χ4n) is 1.96. The van der Waals surface area contributed by atoms with Crippen LogP contribution in [0.4, 0.5) is 0 Å². The standard InChI is InChI=1S/C9H15NO4/c1-4-6(8(11)12)3-7(9(13)14)5(2)10-4/h4-7,10H,3H2,1-2H3,(H,11,12)(H,13,14). The number of carbonyl (C=O) groups is 2. The molecule has 5 nitrogen and oxygen atoms in total. The summed E-state index contributed by atoms with van der Waals surface area (Å²) in [5.41, 5.74) is 0. The zero-order chi connectivity index (χ0) is 10.9. The molecule has 0 aromatic rings. The summed E-state index contributed by atoms with van der Waals surface area (Å²) in [6.45, 7) is 3.54. The smallest absolute Gasteiger partial charge is 0.308 e. The fraction of sp³-hybridized carbons (Fsp3) is 0.778. The topological polar surface area (TPSA) is 86.6 Å². The second kappa shape index (κ2) is 3.96. The van der Waals surface area contributed by atoms with Gasteiger partial charge in [0.15, 0.2) is 0 Å². The van der Waals surface area contributed by atoms with Crippen molar-refractivity contribution in [1.82, 2.24) is 5.32 Å². The number of hydrogen-bond acceptors (Lipinski definition) is 3. The molecule has 0 aromatic carbocycles. The van der Waals surface area contributed by atoms with E-state index in [4.69, 9.17) is 10.2 Å². The Kier molecular flexibility index (Phi) is 3.10. The summed E-state index contributed by atoms with van der Waals surface area (Å²) in [5, 5.41) is 20.7. The van der Waals surface area contributed by atoms with Gasteiger partial charge in [-0.1, -0.05) is 0 Å². The molecule has 0 amide bonds. The molecule has 1 rings (SSSR count). The number of carboxylic acids is 2. The van der Waals surface area contributed by atoms with Crippen LogP contribution < -0.4 is 5.32 Å². The molecule has 0 radical (unpaired) electrons. The molecular weight excluding hydrogens is 186 g/mol. The van der Waals surface area contributed by atoms with Crippen LogP contribution in [0.2, 0.25) is 0 Å². The molecule has 14 heavy (non-hydrogen) atoms. The van der Waals surface area contributed by atoms with Crippen molar-refractivity contribution < 1.29 is 19.8 Å². The predicted octanol–water partition coefficient (Wildman–Crippen LogP) is 0.158. The number of piperidine rings is 1. The highest BCUT2D eigenvalue weighted by molar-refractivity contribution is 5.75. The third kappa shape index (κ3) is 2.04. The van der Waals surface area contributed by atoms with E-state index in [0.29, 0.717) is 0 Å². The summed E-state index contributed by atoms with van der Waals surface area (Å²) in [5.74, 6) is -3.06. The third-order valence-corrected chi connectivity index (χ3v) is 2.88. The van der Waals surface area contributed by atoms with Crippen LogP contribution in [-0.2, 0) is 9.59 Å². The molecule has 1 fully saturated rings. The normalized spacial score (nSPS) is 37.9. The largest absolute Gasteiger partial charge is 0.481 e. The summed E-state index contributed by atoms with van der Waals surface area (Å²) >= 11 is 0. The molecule has 4 unspecified atom stereocenters. The van der Waals surface area contributed by atoms with Crippen molar-refractivity contribution >= 4 is 11.9 Å². The van der Waals surface area contributed by atoms with Crippen molar-refractivity contribution in [2.75, 3.05) is 0 Å². The summed E-state index contributed by atoms with van der Waals surface area (Å²) < 4.78 is 0. The van der Waals surface area contributed by atoms with E-state index in [1.165, 1.54) is 0 Å².